The molecule has 0 aliphatic carbocycles. The Hall–Kier alpha value is -3.25. The number of halogens is 3. The summed E-state index contributed by atoms with van der Waals surface area (Å²) in [5, 5.41) is 11.0. The lowest BCUT2D eigenvalue weighted by atomic mass is 9.95. The van der Waals surface area contributed by atoms with E-state index in [1.807, 2.05) is 49.9 Å². The highest BCUT2D eigenvalue weighted by Crippen LogP contribution is 2.46. The second-order valence-corrected chi connectivity index (χ2v) is 10.3. The van der Waals surface area contributed by atoms with Crippen LogP contribution in [0.4, 0.5) is 13.2 Å². The number of pyridine rings is 1. The molecule has 0 radical (unpaired) electrons. The fourth-order valence-corrected chi connectivity index (χ4v) is 6.55. The summed E-state index contributed by atoms with van der Waals surface area (Å²) in [4.78, 5) is 15.8. The predicted molar refractivity (Wildman–Crippen MR) is 116 cm³/mol. The molecule has 1 fully saturated rings. The van der Waals surface area contributed by atoms with Crippen LogP contribution in [0.5, 0.6) is 0 Å². The maximum absolute atomic E-state index is 13.1. The van der Waals surface area contributed by atoms with Crippen LogP contribution in [0.25, 0.3) is 11.1 Å². The van der Waals surface area contributed by atoms with Crippen molar-refractivity contribution in [2.45, 2.75) is 28.8 Å². The van der Waals surface area contributed by atoms with Crippen molar-refractivity contribution in [3.63, 3.8) is 0 Å². The fourth-order valence-electron chi connectivity index (χ4n) is 4.35. The largest absolute Gasteiger partial charge is 0.490 e. The van der Waals surface area contributed by atoms with E-state index >= 15 is 0 Å². The van der Waals surface area contributed by atoms with Gasteiger partial charge in [-0.2, -0.15) is 18.3 Å². The summed E-state index contributed by atoms with van der Waals surface area (Å²) in [6, 6.07) is 9.66. The van der Waals surface area contributed by atoms with Crippen LogP contribution in [0.2, 0.25) is 0 Å². The number of alkyl halides is 3. The van der Waals surface area contributed by atoms with E-state index in [0.717, 1.165) is 35.3 Å². The Morgan fingerprint density at radius 1 is 1.18 bits per heavy atom. The second kappa shape index (κ2) is 8.84. The molecule has 0 spiro atoms. The van der Waals surface area contributed by atoms with Crippen molar-refractivity contribution in [3.8, 4) is 11.1 Å². The Bertz CT molecular complexity index is 1310. The van der Waals surface area contributed by atoms with Crippen LogP contribution in [0.3, 0.4) is 0 Å². The van der Waals surface area contributed by atoms with Gasteiger partial charge in [0.1, 0.15) is 0 Å². The van der Waals surface area contributed by atoms with E-state index < -0.39 is 22.0 Å². The monoisotopic (exact) mass is 494 g/mol. The molecule has 34 heavy (non-hydrogen) atoms. The number of hydrogen-bond acceptors (Lipinski definition) is 6. The molecule has 12 heteroatoms. The number of hydrogen-bond donors (Lipinski definition) is 1. The topological polar surface area (TPSA) is 105 Å². The van der Waals surface area contributed by atoms with Gasteiger partial charge in [0.05, 0.1) is 16.3 Å². The third kappa shape index (κ3) is 4.68. The van der Waals surface area contributed by atoms with Crippen molar-refractivity contribution in [3.05, 3.63) is 66.2 Å². The van der Waals surface area contributed by atoms with Crippen LogP contribution >= 0.6 is 0 Å². The molecule has 8 nitrogen and oxygen atoms in total. The molecule has 2 aromatic heterocycles. The van der Waals surface area contributed by atoms with Gasteiger partial charge in [0.15, 0.2) is 9.84 Å². The van der Waals surface area contributed by atoms with Gasteiger partial charge in [-0.1, -0.05) is 12.1 Å². The van der Waals surface area contributed by atoms with Gasteiger partial charge >= 0.3 is 12.1 Å². The summed E-state index contributed by atoms with van der Waals surface area (Å²) in [5.74, 6) is -2.73. The summed E-state index contributed by atoms with van der Waals surface area (Å²) in [5.41, 5.74) is 4.09. The second-order valence-electron chi connectivity index (χ2n) is 8.20. The van der Waals surface area contributed by atoms with Crippen LogP contribution in [0.1, 0.15) is 17.0 Å². The van der Waals surface area contributed by atoms with Crippen LogP contribution in [0.15, 0.2) is 60.0 Å². The maximum atomic E-state index is 13.1. The molecule has 1 aromatic carbocycles. The van der Waals surface area contributed by atoms with Crippen molar-refractivity contribution in [1.29, 1.82) is 0 Å². The van der Waals surface area contributed by atoms with E-state index in [-0.39, 0.29) is 11.2 Å². The average molecular weight is 494 g/mol. The highest BCUT2D eigenvalue weighted by atomic mass is 32.2. The molecule has 1 N–H and O–H groups in total. The number of nitrogens with zero attached hydrogens (tertiary/aromatic N) is 4. The minimum Gasteiger partial charge on any atom is -0.475 e. The molecule has 5 rings (SSSR count). The maximum Gasteiger partial charge on any atom is 0.490 e. The lowest BCUT2D eigenvalue weighted by Crippen LogP contribution is -2.25. The molecule has 2 aliphatic heterocycles. The number of likely N-dealkylation sites (tertiary alicyclic amines) is 1. The predicted octanol–water partition coefficient (Wildman–Crippen LogP) is 2.87. The molecular weight excluding hydrogens is 473 g/mol. The van der Waals surface area contributed by atoms with Crippen molar-refractivity contribution < 1.29 is 31.5 Å². The SMILES string of the molecule is Cn1cc(-c2ccc3c(c2)C2CN(Cc4cccnc4)CC2S3(=O)=O)cn1.O=C(O)C(F)(F)F. The molecule has 1 saturated heterocycles. The number of fused-ring (bicyclic) bond motifs is 3. The number of rotatable bonds is 3. The molecule has 0 amide bonds. The minimum absolute atomic E-state index is 0.0262. The van der Waals surface area contributed by atoms with Gasteiger partial charge in [-0.3, -0.25) is 14.6 Å². The number of sulfone groups is 1. The third-order valence-electron chi connectivity index (χ3n) is 5.87. The van der Waals surface area contributed by atoms with Crippen molar-refractivity contribution in [1.82, 2.24) is 19.7 Å². The van der Waals surface area contributed by atoms with Gasteiger partial charge in [0.25, 0.3) is 0 Å². The first-order valence-corrected chi connectivity index (χ1v) is 11.8. The Morgan fingerprint density at radius 3 is 2.50 bits per heavy atom. The zero-order valence-corrected chi connectivity index (χ0v) is 18.8. The number of carboxylic acid groups (broad SMARTS) is 1. The normalized spacial score (nSPS) is 20.8. The molecule has 3 aromatic rings. The van der Waals surface area contributed by atoms with E-state index in [1.165, 1.54) is 0 Å². The van der Waals surface area contributed by atoms with E-state index in [0.29, 0.717) is 11.4 Å². The number of aryl methyl sites for hydroxylation is 1. The van der Waals surface area contributed by atoms with E-state index in [4.69, 9.17) is 9.90 Å². The third-order valence-corrected chi connectivity index (χ3v) is 8.13. The molecule has 0 bridgehead atoms. The van der Waals surface area contributed by atoms with Crippen molar-refractivity contribution in [2.75, 3.05) is 13.1 Å². The number of benzene rings is 1. The van der Waals surface area contributed by atoms with Gasteiger partial charge in [0, 0.05) is 56.8 Å². The van der Waals surface area contributed by atoms with Gasteiger partial charge in [-0.25, -0.2) is 13.2 Å². The molecule has 2 aliphatic rings. The van der Waals surface area contributed by atoms with Crippen LogP contribution < -0.4 is 0 Å². The smallest absolute Gasteiger partial charge is 0.475 e. The van der Waals surface area contributed by atoms with E-state index in [1.54, 1.807) is 16.9 Å². The highest BCUT2D eigenvalue weighted by Gasteiger charge is 2.50. The van der Waals surface area contributed by atoms with Crippen molar-refractivity contribution in [2.24, 2.45) is 7.05 Å². The molecule has 180 valence electrons. The van der Waals surface area contributed by atoms with Gasteiger partial charge in [-0.15, -0.1) is 0 Å². The number of aliphatic carboxylic acids is 1. The number of carboxylic acids is 1. The Morgan fingerprint density at radius 2 is 1.91 bits per heavy atom. The first kappa shape index (κ1) is 23.9. The zero-order chi connectivity index (χ0) is 24.7. The van der Waals surface area contributed by atoms with Gasteiger partial charge in [0.2, 0.25) is 0 Å². The van der Waals surface area contributed by atoms with E-state index in [9.17, 15) is 21.6 Å². The fraction of sp³-hybridized carbons (Fsp3) is 0.318. The Balaban J connectivity index is 0.000000344. The quantitative estimate of drug-likeness (QED) is 0.597. The Labute approximate surface area is 193 Å². The number of aromatic nitrogens is 3. The average Bonchev–Trinajstić information content (AvgIpc) is 3.45. The molecule has 2 atom stereocenters. The number of carbonyl (C=O) groups is 1. The van der Waals surface area contributed by atoms with Crippen LogP contribution in [0, 0.1) is 0 Å². The lowest BCUT2D eigenvalue weighted by Gasteiger charge is -2.17. The van der Waals surface area contributed by atoms with Gasteiger partial charge < -0.3 is 5.11 Å². The van der Waals surface area contributed by atoms with Gasteiger partial charge in [-0.05, 0) is 34.9 Å². The summed E-state index contributed by atoms with van der Waals surface area (Å²) in [7, 11) is -1.40. The summed E-state index contributed by atoms with van der Waals surface area (Å²) in [6.07, 6.45) is 2.28. The van der Waals surface area contributed by atoms with Crippen LogP contribution in [-0.4, -0.2) is 63.7 Å². The zero-order valence-electron chi connectivity index (χ0n) is 18.0. The summed E-state index contributed by atoms with van der Waals surface area (Å²) < 4.78 is 59.6. The summed E-state index contributed by atoms with van der Waals surface area (Å²) in [6.45, 7) is 2.05. The first-order chi connectivity index (χ1) is 16.0. The first-order valence-electron chi connectivity index (χ1n) is 10.2. The Kier molecular flexibility index (Phi) is 6.21. The minimum atomic E-state index is -5.08. The molecular formula is C22H21F3N4O4S. The highest BCUT2D eigenvalue weighted by molar-refractivity contribution is 7.92. The molecule has 2 unspecified atom stereocenters. The molecule has 0 saturated carbocycles. The standard InChI is InChI=1S/C20H20N4O2S.C2HF3O2/c1-23-11-16(9-22-23)15-4-5-19-17(7-15)18-12-24(13-20(18)27(19,25)26)10-14-3-2-6-21-8-14;3-2(4,5)1(6)7/h2-9,11,18,20H,10,12-13H2,1H3;(H,6,7). The van der Waals surface area contributed by atoms with Crippen molar-refractivity contribution >= 4 is 15.8 Å². The lowest BCUT2D eigenvalue weighted by molar-refractivity contribution is -0.192. The molecule has 4 heterocycles. The summed E-state index contributed by atoms with van der Waals surface area (Å²) >= 11 is 0. The van der Waals surface area contributed by atoms with Crippen LogP contribution in [-0.2, 0) is 28.2 Å². The van der Waals surface area contributed by atoms with E-state index in [2.05, 4.69) is 15.0 Å².